The van der Waals surface area contributed by atoms with Crippen LogP contribution in [0.1, 0.15) is 271 Å². The van der Waals surface area contributed by atoms with Crippen molar-refractivity contribution in [1.29, 1.82) is 0 Å². The van der Waals surface area contributed by atoms with Crippen molar-refractivity contribution < 1.29 is 28.6 Å². The lowest BCUT2D eigenvalue weighted by Crippen LogP contribution is -2.30. The van der Waals surface area contributed by atoms with Gasteiger partial charge in [0.1, 0.15) is 13.2 Å². The third-order valence-electron chi connectivity index (χ3n) is 11.8. The number of allylic oxidation sites excluding steroid dienone is 10. The minimum absolute atomic E-state index is 0.0828. The Morgan fingerprint density at radius 3 is 1.05 bits per heavy atom. The Hall–Kier alpha value is -2.89. The van der Waals surface area contributed by atoms with Gasteiger partial charge in [0.05, 0.1) is 0 Å². The summed E-state index contributed by atoms with van der Waals surface area (Å²) in [5, 5.41) is 0. The summed E-state index contributed by atoms with van der Waals surface area (Å²) in [5.41, 5.74) is 0. The molecule has 0 aromatic rings. The quantitative estimate of drug-likeness (QED) is 0.0199. The van der Waals surface area contributed by atoms with Gasteiger partial charge in [0.25, 0.3) is 0 Å². The number of hydrogen-bond acceptors (Lipinski definition) is 6. The van der Waals surface area contributed by atoms with E-state index in [1.165, 1.54) is 122 Å². The van der Waals surface area contributed by atoms with Crippen LogP contribution in [0.5, 0.6) is 0 Å². The lowest BCUT2D eigenvalue weighted by atomic mass is 10.0. The predicted octanol–water partition coefficient (Wildman–Crippen LogP) is 18.0. The van der Waals surface area contributed by atoms with Gasteiger partial charge in [-0.1, -0.05) is 236 Å². The molecule has 0 aromatic carbocycles. The second-order valence-corrected chi connectivity index (χ2v) is 18.1. The van der Waals surface area contributed by atoms with E-state index in [2.05, 4.69) is 81.5 Å². The maximum absolute atomic E-state index is 12.8. The number of ether oxygens (including phenoxy) is 3. The molecule has 0 aliphatic carbocycles. The van der Waals surface area contributed by atoms with Crippen LogP contribution in [-0.4, -0.2) is 37.2 Å². The van der Waals surface area contributed by atoms with E-state index in [1.807, 2.05) is 0 Å². The number of hydrogen-bond donors (Lipinski definition) is 0. The molecule has 0 saturated carbocycles. The predicted molar refractivity (Wildman–Crippen MR) is 275 cm³/mol. The van der Waals surface area contributed by atoms with Gasteiger partial charge in [0.2, 0.25) is 0 Å². The zero-order chi connectivity index (χ0) is 46.5. The first kappa shape index (κ1) is 61.1. The van der Waals surface area contributed by atoms with Crippen molar-refractivity contribution in [3.05, 3.63) is 60.8 Å². The summed E-state index contributed by atoms with van der Waals surface area (Å²) < 4.78 is 16.8. The van der Waals surface area contributed by atoms with Crippen molar-refractivity contribution in [1.82, 2.24) is 0 Å². The first-order valence-corrected chi connectivity index (χ1v) is 27.3. The van der Waals surface area contributed by atoms with Crippen LogP contribution in [0.15, 0.2) is 60.8 Å². The van der Waals surface area contributed by atoms with Gasteiger partial charge in [-0.2, -0.15) is 0 Å². The third-order valence-corrected chi connectivity index (χ3v) is 11.8. The summed E-state index contributed by atoms with van der Waals surface area (Å²) in [6.45, 7) is 6.51. The van der Waals surface area contributed by atoms with Gasteiger partial charge in [0.15, 0.2) is 6.10 Å². The standard InChI is InChI=1S/C58H102O6/c1-4-7-10-13-16-19-22-25-27-29-30-32-33-36-39-42-45-48-51-57(60)63-54-55(53-62-56(59)50-47-44-41-38-35-24-21-18-15-12-9-6-3)64-58(61)52-49-46-43-40-37-34-31-28-26-23-20-17-14-11-8-5-2/h8,11,17,20,26-30,32,55H,4-7,9-10,12-16,18-19,21-25,31,33-54H2,1-3H3/b11-8-,20-17-,28-26-,29-27-,32-30-. The van der Waals surface area contributed by atoms with E-state index in [4.69, 9.17) is 14.2 Å². The fourth-order valence-corrected chi connectivity index (χ4v) is 7.68. The Labute approximate surface area is 396 Å². The Kier molecular flexibility index (Phi) is 50.4. The molecule has 0 rings (SSSR count). The molecule has 0 fully saturated rings. The average Bonchev–Trinajstić information content (AvgIpc) is 3.29. The summed E-state index contributed by atoms with van der Waals surface area (Å²) in [6.07, 6.45) is 64.9. The smallest absolute Gasteiger partial charge is 0.306 e. The molecule has 0 aliphatic heterocycles. The number of carbonyl (C=O) groups is 3. The molecule has 0 heterocycles. The highest BCUT2D eigenvalue weighted by Gasteiger charge is 2.19. The molecule has 6 nitrogen and oxygen atoms in total. The van der Waals surface area contributed by atoms with Crippen molar-refractivity contribution in [2.24, 2.45) is 0 Å². The van der Waals surface area contributed by atoms with Crippen molar-refractivity contribution >= 4 is 17.9 Å². The van der Waals surface area contributed by atoms with Crippen LogP contribution < -0.4 is 0 Å². The highest BCUT2D eigenvalue weighted by Crippen LogP contribution is 2.15. The number of carbonyl (C=O) groups excluding carboxylic acids is 3. The second-order valence-electron chi connectivity index (χ2n) is 18.1. The van der Waals surface area contributed by atoms with Gasteiger partial charge in [-0.05, 0) is 77.0 Å². The van der Waals surface area contributed by atoms with Gasteiger partial charge >= 0.3 is 17.9 Å². The number of esters is 3. The molecule has 6 heteroatoms. The minimum atomic E-state index is -0.785. The number of unbranched alkanes of at least 4 members (excludes halogenated alkanes) is 29. The topological polar surface area (TPSA) is 78.9 Å². The maximum Gasteiger partial charge on any atom is 0.306 e. The molecule has 370 valence electrons. The molecular weight excluding hydrogens is 793 g/mol. The molecule has 0 spiro atoms. The van der Waals surface area contributed by atoms with Crippen LogP contribution >= 0.6 is 0 Å². The summed E-state index contributed by atoms with van der Waals surface area (Å²) in [4.78, 5) is 38.0. The highest BCUT2D eigenvalue weighted by atomic mass is 16.6. The van der Waals surface area contributed by atoms with E-state index < -0.39 is 6.10 Å². The Balaban J connectivity index is 4.40. The largest absolute Gasteiger partial charge is 0.462 e. The van der Waals surface area contributed by atoms with Crippen LogP contribution in [0, 0.1) is 0 Å². The molecule has 0 amide bonds. The van der Waals surface area contributed by atoms with E-state index in [9.17, 15) is 14.4 Å². The normalized spacial score (nSPS) is 12.5. The Morgan fingerprint density at radius 2 is 0.656 bits per heavy atom. The van der Waals surface area contributed by atoms with E-state index in [0.717, 1.165) is 109 Å². The zero-order valence-corrected chi connectivity index (χ0v) is 42.3. The fraction of sp³-hybridized carbons (Fsp3) is 0.776. The summed E-state index contributed by atoms with van der Waals surface area (Å²) >= 11 is 0. The first-order chi connectivity index (χ1) is 31.5. The zero-order valence-electron chi connectivity index (χ0n) is 42.3. The van der Waals surface area contributed by atoms with Crippen LogP contribution in [0.2, 0.25) is 0 Å². The van der Waals surface area contributed by atoms with Crippen LogP contribution in [0.4, 0.5) is 0 Å². The van der Waals surface area contributed by atoms with Gasteiger partial charge in [-0.3, -0.25) is 14.4 Å². The molecule has 64 heavy (non-hydrogen) atoms. The monoisotopic (exact) mass is 895 g/mol. The van der Waals surface area contributed by atoms with Gasteiger partial charge < -0.3 is 14.2 Å². The first-order valence-electron chi connectivity index (χ1n) is 27.3. The number of rotatable bonds is 49. The molecule has 0 saturated heterocycles. The SMILES string of the molecule is CC/C=C\C/C=C\C/C=C\CCCCCCCCC(=O)OC(COC(=O)CCCCCCC/C=C\C=C/CCCCCCCCC)COC(=O)CCCCCCCCCCCCCC. The van der Waals surface area contributed by atoms with Gasteiger partial charge in [0, 0.05) is 19.3 Å². The average molecular weight is 895 g/mol. The third kappa shape index (κ3) is 50.1. The van der Waals surface area contributed by atoms with Gasteiger partial charge in [-0.15, -0.1) is 0 Å². The van der Waals surface area contributed by atoms with E-state index >= 15 is 0 Å². The highest BCUT2D eigenvalue weighted by molar-refractivity contribution is 5.71. The summed E-state index contributed by atoms with van der Waals surface area (Å²) in [7, 11) is 0. The molecular formula is C58H102O6. The molecule has 0 radical (unpaired) electrons. The second kappa shape index (κ2) is 52.7. The molecule has 0 bridgehead atoms. The molecule has 1 atom stereocenters. The van der Waals surface area contributed by atoms with E-state index in [1.54, 1.807) is 0 Å². The van der Waals surface area contributed by atoms with Crippen molar-refractivity contribution in [2.45, 2.75) is 277 Å². The Morgan fingerprint density at radius 1 is 0.344 bits per heavy atom. The molecule has 1 unspecified atom stereocenters. The molecule has 0 N–H and O–H groups in total. The van der Waals surface area contributed by atoms with Crippen molar-refractivity contribution in [2.75, 3.05) is 13.2 Å². The Bertz CT molecular complexity index is 1170. The van der Waals surface area contributed by atoms with Crippen molar-refractivity contribution in [3.63, 3.8) is 0 Å². The maximum atomic E-state index is 12.8. The van der Waals surface area contributed by atoms with Crippen LogP contribution in [-0.2, 0) is 28.6 Å². The van der Waals surface area contributed by atoms with Gasteiger partial charge in [-0.25, -0.2) is 0 Å². The summed E-state index contributed by atoms with van der Waals surface area (Å²) in [5.74, 6) is -0.904. The lowest BCUT2D eigenvalue weighted by Gasteiger charge is -2.18. The molecule has 0 aliphatic rings. The van der Waals surface area contributed by atoms with Crippen molar-refractivity contribution in [3.8, 4) is 0 Å². The van der Waals surface area contributed by atoms with Crippen LogP contribution in [0.3, 0.4) is 0 Å². The lowest BCUT2D eigenvalue weighted by molar-refractivity contribution is -0.167. The molecule has 0 aromatic heterocycles. The van der Waals surface area contributed by atoms with E-state index in [-0.39, 0.29) is 31.1 Å². The fourth-order valence-electron chi connectivity index (χ4n) is 7.68. The summed E-state index contributed by atoms with van der Waals surface area (Å²) in [6, 6.07) is 0. The van der Waals surface area contributed by atoms with Crippen LogP contribution in [0.25, 0.3) is 0 Å². The van der Waals surface area contributed by atoms with E-state index in [0.29, 0.717) is 19.3 Å². The minimum Gasteiger partial charge on any atom is -0.462 e.